The molecule has 1 aromatic carbocycles. The molecule has 0 aromatic heterocycles. The van der Waals surface area contributed by atoms with Crippen molar-refractivity contribution in [3.63, 3.8) is 0 Å². The maximum atomic E-state index is 13.5. The summed E-state index contributed by atoms with van der Waals surface area (Å²) in [5.74, 6) is 1.85. The van der Waals surface area contributed by atoms with Gasteiger partial charge in [-0.15, -0.1) is 0 Å². The fourth-order valence-electron chi connectivity index (χ4n) is 6.62. The number of thioether (sulfide) groups is 1. The molecule has 0 radical (unpaired) electrons. The molecule has 5 fully saturated rings. The van der Waals surface area contributed by atoms with E-state index in [0.717, 1.165) is 31.0 Å². The molecule has 1 aliphatic heterocycles. The lowest BCUT2D eigenvalue weighted by Gasteiger charge is -2.55. The molecule has 4 aliphatic carbocycles. The summed E-state index contributed by atoms with van der Waals surface area (Å²) < 4.78 is 17.0. The van der Waals surface area contributed by atoms with Crippen LogP contribution in [0.15, 0.2) is 17.0 Å². The first-order valence-electron chi connectivity index (χ1n) is 12.5. The lowest BCUT2D eigenvalue weighted by Crippen LogP contribution is -2.57. The minimum Gasteiger partial charge on any atom is -0.493 e. The molecule has 0 atom stereocenters. The Bertz CT molecular complexity index is 1150. The van der Waals surface area contributed by atoms with Gasteiger partial charge in [-0.2, -0.15) is 5.01 Å². The predicted molar refractivity (Wildman–Crippen MR) is 152 cm³/mol. The Hall–Kier alpha value is -1.86. The minimum absolute atomic E-state index is 0.0662. The molecule has 1 aromatic rings. The van der Waals surface area contributed by atoms with Gasteiger partial charge in [0, 0.05) is 0 Å². The van der Waals surface area contributed by atoms with Crippen LogP contribution in [0, 0.1) is 26.7 Å². The summed E-state index contributed by atoms with van der Waals surface area (Å²) in [5.41, 5.74) is 3.22. The molecule has 0 unspecified atom stereocenters. The second kappa shape index (κ2) is 10.7. The van der Waals surface area contributed by atoms with Crippen molar-refractivity contribution in [2.75, 3.05) is 20.3 Å². The number of carbonyl (C=O) groups excluding carboxylic acids is 3. The number of esters is 1. The normalized spacial score (nSPS) is 29.1. The summed E-state index contributed by atoms with van der Waals surface area (Å²) in [5, 5.41) is 1.23. The predicted octanol–water partition coefficient (Wildman–Crippen LogP) is 4.69. The lowest BCUT2D eigenvalue weighted by molar-refractivity contribution is -0.152. The number of nitrogens with zero attached hydrogens (tertiary/aromatic N) is 1. The zero-order chi connectivity index (χ0) is 26.3. The third-order valence-electron chi connectivity index (χ3n) is 7.72. The van der Waals surface area contributed by atoms with Gasteiger partial charge < -0.3 is 14.2 Å². The fourth-order valence-corrected chi connectivity index (χ4v) is 8.58. The van der Waals surface area contributed by atoms with Crippen LogP contribution in [0.25, 0.3) is 6.08 Å². The van der Waals surface area contributed by atoms with Crippen molar-refractivity contribution in [3.05, 3.63) is 26.2 Å². The van der Waals surface area contributed by atoms with Gasteiger partial charge >= 0.3 is 5.97 Å². The maximum absolute atomic E-state index is 13.5. The highest BCUT2D eigenvalue weighted by atomic mass is 127. The van der Waals surface area contributed by atoms with Crippen LogP contribution < -0.4 is 14.9 Å². The second-order valence-electron chi connectivity index (χ2n) is 10.3. The maximum Gasteiger partial charge on any atom is 0.344 e. The number of ether oxygens (including phenoxy) is 3. The highest BCUT2D eigenvalue weighted by Gasteiger charge is 2.55. The molecule has 37 heavy (non-hydrogen) atoms. The average molecular weight is 657 g/mol. The van der Waals surface area contributed by atoms with E-state index in [2.05, 4.69) is 28.0 Å². The summed E-state index contributed by atoms with van der Waals surface area (Å²) in [4.78, 5) is 38.8. The van der Waals surface area contributed by atoms with E-state index in [0.29, 0.717) is 47.6 Å². The van der Waals surface area contributed by atoms with Crippen LogP contribution in [0.3, 0.4) is 0 Å². The third kappa shape index (κ3) is 5.36. The molecular formula is C26H29IN2O6S2. The SMILES string of the molecule is CCOC(=O)COc1c(I)cc(/C=C2/SC(=S)N(NC(=O)C34CC5CC(CC(C5)C3)C4)C2=O)cc1OC. The van der Waals surface area contributed by atoms with Crippen LogP contribution in [0.1, 0.15) is 51.0 Å². The molecule has 198 valence electrons. The van der Waals surface area contributed by atoms with Crippen LogP contribution in [-0.4, -0.2) is 47.4 Å². The molecule has 1 heterocycles. The van der Waals surface area contributed by atoms with Gasteiger partial charge in [-0.1, -0.05) is 11.8 Å². The Labute approximate surface area is 239 Å². The number of rotatable bonds is 8. The molecular weight excluding hydrogens is 627 g/mol. The first-order valence-corrected chi connectivity index (χ1v) is 14.8. The van der Waals surface area contributed by atoms with E-state index in [4.69, 9.17) is 26.4 Å². The lowest BCUT2D eigenvalue weighted by atomic mass is 9.49. The first-order chi connectivity index (χ1) is 17.7. The number of hydrazine groups is 1. The van der Waals surface area contributed by atoms with Gasteiger partial charge in [0.1, 0.15) is 0 Å². The van der Waals surface area contributed by atoms with Gasteiger partial charge in [0.2, 0.25) is 5.91 Å². The Morgan fingerprint density at radius 2 is 1.86 bits per heavy atom. The second-order valence-corrected chi connectivity index (χ2v) is 13.1. The number of hydrogen-bond donors (Lipinski definition) is 1. The molecule has 6 rings (SSSR count). The Morgan fingerprint density at radius 1 is 1.22 bits per heavy atom. The van der Waals surface area contributed by atoms with Crippen molar-refractivity contribution in [2.45, 2.75) is 45.4 Å². The van der Waals surface area contributed by atoms with Crippen molar-refractivity contribution in [3.8, 4) is 11.5 Å². The number of benzene rings is 1. The van der Waals surface area contributed by atoms with Gasteiger partial charge in [0.05, 0.1) is 27.6 Å². The van der Waals surface area contributed by atoms with Crippen LogP contribution in [0.4, 0.5) is 0 Å². The standard InChI is InChI=1S/C26H29IN2O6S2/c1-3-34-21(30)13-35-22-18(27)7-14(8-19(22)33-2)9-20-23(31)29(25(36)37-20)28-24(32)26-10-15-4-16(11-26)6-17(5-15)12-26/h7-9,15-17H,3-6,10-13H2,1-2H3,(H,28,32)/b20-9+. The van der Waals surface area contributed by atoms with Crippen molar-refractivity contribution in [1.29, 1.82) is 0 Å². The van der Waals surface area contributed by atoms with Crippen molar-refractivity contribution >= 4 is 74.8 Å². The number of methoxy groups -OCH3 is 1. The number of nitrogens with one attached hydrogen (secondary N) is 1. The van der Waals surface area contributed by atoms with E-state index in [1.807, 2.05) is 6.07 Å². The quantitative estimate of drug-likeness (QED) is 0.187. The fraction of sp³-hybridized carbons (Fsp3) is 0.538. The van der Waals surface area contributed by atoms with Crippen LogP contribution >= 0.6 is 46.6 Å². The topological polar surface area (TPSA) is 94.2 Å². The van der Waals surface area contributed by atoms with Gasteiger partial charge in [0.15, 0.2) is 22.4 Å². The monoisotopic (exact) mass is 656 g/mol. The van der Waals surface area contributed by atoms with Crippen LogP contribution in [0.5, 0.6) is 11.5 Å². The van der Waals surface area contributed by atoms with Crippen molar-refractivity contribution < 1.29 is 28.6 Å². The smallest absolute Gasteiger partial charge is 0.344 e. The summed E-state index contributed by atoms with van der Waals surface area (Å²) in [6, 6.07) is 3.55. The van der Waals surface area contributed by atoms with Gasteiger partial charge in [-0.3, -0.25) is 15.0 Å². The number of thiocarbonyl (C=S) groups is 1. The van der Waals surface area contributed by atoms with Crippen LogP contribution in [-0.2, 0) is 19.1 Å². The van der Waals surface area contributed by atoms with E-state index in [1.54, 1.807) is 19.1 Å². The third-order valence-corrected chi connectivity index (χ3v) is 9.82. The molecule has 5 aliphatic rings. The highest BCUT2D eigenvalue weighted by molar-refractivity contribution is 14.1. The van der Waals surface area contributed by atoms with E-state index in [1.165, 1.54) is 31.4 Å². The molecule has 1 saturated heterocycles. The van der Waals surface area contributed by atoms with Gasteiger partial charge in [0.25, 0.3) is 5.91 Å². The van der Waals surface area contributed by atoms with Gasteiger partial charge in [-0.05, 0) is 122 Å². The zero-order valence-electron chi connectivity index (χ0n) is 20.7. The Morgan fingerprint density at radius 3 is 2.46 bits per heavy atom. The Balaban J connectivity index is 1.30. The largest absolute Gasteiger partial charge is 0.493 e. The molecule has 0 spiro atoms. The molecule has 2 amide bonds. The van der Waals surface area contributed by atoms with E-state index in [-0.39, 0.29) is 30.4 Å². The van der Waals surface area contributed by atoms with Gasteiger partial charge in [-0.25, -0.2) is 4.79 Å². The zero-order valence-corrected chi connectivity index (χ0v) is 24.5. The molecule has 4 saturated carbocycles. The van der Waals surface area contributed by atoms with E-state index < -0.39 is 5.97 Å². The summed E-state index contributed by atoms with van der Waals surface area (Å²) in [7, 11) is 1.51. The van der Waals surface area contributed by atoms with Crippen molar-refractivity contribution in [1.82, 2.24) is 10.4 Å². The first kappa shape index (κ1) is 26.7. The minimum atomic E-state index is -0.469. The highest BCUT2D eigenvalue weighted by Crippen LogP contribution is 2.60. The van der Waals surface area contributed by atoms with Crippen LogP contribution in [0.2, 0.25) is 0 Å². The summed E-state index contributed by atoms with van der Waals surface area (Å²) >= 11 is 8.72. The van der Waals surface area contributed by atoms with E-state index >= 15 is 0 Å². The number of hydrogen-bond acceptors (Lipinski definition) is 8. The number of carbonyl (C=O) groups is 3. The average Bonchev–Trinajstić information content (AvgIpc) is 3.09. The summed E-state index contributed by atoms with van der Waals surface area (Å²) in [6.45, 7) is 1.77. The number of halogens is 1. The van der Waals surface area contributed by atoms with E-state index in [9.17, 15) is 14.4 Å². The molecule has 8 nitrogen and oxygen atoms in total. The molecule has 1 N–H and O–H groups in total. The number of amides is 2. The molecule has 11 heteroatoms. The Kier molecular flexibility index (Phi) is 7.75. The van der Waals surface area contributed by atoms with Crippen molar-refractivity contribution in [2.24, 2.45) is 23.2 Å². The molecule has 4 bridgehead atoms. The summed E-state index contributed by atoms with van der Waals surface area (Å²) in [6.07, 6.45) is 8.19.